The summed E-state index contributed by atoms with van der Waals surface area (Å²) in [5, 5.41) is 18.0. The first-order chi connectivity index (χ1) is 27.1. The van der Waals surface area contributed by atoms with Gasteiger partial charge in [0.1, 0.15) is 22.9 Å². The highest BCUT2D eigenvalue weighted by Crippen LogP contribution is 2.50. The average Bonchev–Trinajstić information content (AvgIpc) is 3.46. The Labute approximate surface area is 339 Å². The third-order valence-corrected chi connectivity index (χ3v) is 11.1. The summed E-state index contributed by atoms with van der Waals surface area (Å²) >= 11 is 6.27. The van der Waals surface area contributed by atoms with Crippen LogP contribution in [0.2, 0.25) is 5.02 Å². The standard InChI is InChI=1S/C41H49ClF2N8O3.C2H6/c1-6-31(51(19-17-25-10-7-11-25)39(54)55-40(2,3)4)26-15-16-33(47-20-26)52-24-41(5,28-12-8-13-29(42)35(28)43)34-32(52)21-48-37(36(34)44)49-27-22-50(23-27)38(53)30(46)14-9-18-45;1-2/h8-9,12-16,18,20-21,25,27,31,45-46H,6-7,10-11,17,19,22-24H2,1-5H3,(H,48,49);1-2H3/b14-9-,45-18?,46-30?;/t31?,41-;/m1./s1. The van der Waals surface area contributed by atoms with E-state index in [1.54, 1.807) is 31.5 Å². The van der Waals surface area contributed by atoms with E-state index in [1.165, 1.54) is 42.4 Å². The molecular weight excluding hydrogens is 750 g/mol. The van der Waals surface area contributed by atoms with Crippen LogP contribution in [-0.2, 0) is 14.9 Å². The third-order valence-electron chi connectivity index (χ3n) is 10.8. The minimum absolute atomic E-state index is 0.0385. The van der Waals surface area contributed by atoms with Gasteiger partial charge < -0.3 is 30.2 Å². The van der Waals surface area contributed by atoms with Crippen molar-refractivity contribution in [1.29, 1.82) is 10.8 Å². The Kier molecular flexibility index (Phi) is 13.7. The lowest BCUT2D eigenvalue weighted by Gasteiger charge is -2.39. The molecule has 57 heavy (non-hydrogen) atoms. The molecule has 0 radical (unpaired) electrons. The molecule has 14 heteroatoms. The van der Waals surface area contributed by atoms with Gasteiger partial charge in [-0.15, -0.1) is 0 Å². The summed E-state index contributed by atoms with van der Waals surface area (Å²) in [4.78, 5) is 40.5. The molecule has 3 N–H and O–H groups in total. The number of allylic oxidation sites excluding steroid dienone is 1. The molecule has 0 bridgehead atoms. The fourth-order valence-electron chi connectivity index (χ4n) is 7.65. The van der Waals surface area contributed by atoms with E-state index in [4.69, 9.17) is 32.1 Å². The van der Waals surface area contributed by atoms with Gasteiger partial charge in [0.2, 0.25) is 0 Å². The van der Waals surface area contributed by atoms with E-state index in [0.29, 0.717) is 30.4 Å². The molecule has 0 spiro atoms. The van der Waals surface area contributed by atoms with Crippen LogP contribution in [0.1, 0.15) is 103 Å². The van der Waals surface area contributed by atoms with Crippen LogP contribution in [0, 0.1) is 28.4 Å². The van der Waals surface area contributed by atoms with E-state index in [-0.39, 0.29) is 65.5 Å². The number of hydrogen-bond acceptors (Lipinski definition) is 9. The molecule has 2 fully saturated rings. The maximum atomic E-state index is 16.9. The molecule has 1 aliphatic carbocycles. The molecule has 1 aromatic carbocycles. The molecule has 3 aliphatic rings. The number of amides is 2. The Bertz CT molecular complexity index is 1980. The van der Waals surface area contributed by atoms with E-state index in [1.807, 2.05) is 63.5 Å². The van der Waals surface area contributed by atoms with Crippen molar-refractivity contribution in [3.05, 3.63) is 88.2 Å². The number of likely N-dealkylation sites (tertiary alicyclic amines) is 1. The van der Waals surface area contributed by atoms with E-state index >= 15 is 8.78 Å². The van der Waals surface area contributed by atoms with Gasteiger partial charge in [-0.3, -0.25) is 10.2 Å². The zero-order valence-corrected chi connectivity index (χ0v) is 34.7. The van der Waals surface area contributed by atoms with Crippen molar-refractivity contribution in [2.75, 3.05) is 36.4 Å². The van der Waals surface area contributed by atoms with Gasteiger partial charge in [-0.1, -0.05) is 69.8 Å². The van der Waals surface area contributed by atoms with E-state index in [0.717, 1.165) is 18.2 Å². The highest BCUT2D eigenvalue weighted by molar-refractivity contribution is 6.42. The fourth-order valence-corrected chi connectivity index (χ4v) is 7.82. The number of hydrogen-bond donors (Lipinski definition) is 3. The Morgan fingerprint density at radius 1 is 1.12 bits per heavy atom. The van der Waals surface area contributed by atoms with Crippen molar-refractivity contribution >= 4 is 52.9 Å². The summed E-state index contributed by atoms with van der Waals surface area (Å²) in [6, 6.07) is 7.86. The number of aromatic nitrogens is 2. The highest BCUT2D eigenvalue weighted by Gasteiger charge is 2.47. The van der Waals surface area contributed by atoms with Gasteiger partial charge in [-0.05, 0) is 76.3 Å². The lowest BCUT2D eigenvalue weighted by molar-refractivity contribution is -0.127. The number of fused-ring (bicyclic) bond motifs is 1. The number of anilines is 3. The molecule has 4 heterocycles. The number of nitrogens with zero attached hydrogens (tertiary/aromatic N) is 5. The van der Waals surface area contributed by atoms with Gasteiger partial charge >= 0.3 is 6.09 Å². The first-order valence-electron chi connectivity index (χ1n) is 19.8. The van der Waals surface area contributed by atoms with Crippen LogP contribution in [0.4, 0.5) is 30.9 Å². The van der Waals surface area contributed by atoms with E-state index in [2.05, 4.69) is 10.3 Å². The third kappa shape index (κ3) is 9.29. The highest BCUT2D eigenvalue weighted by atomic mass is 35.5. The van der Waals surface area contributed by atoms with Crippen molar-refractivity contribution in [3.63, 3.8) is 0 Å². The number of benzene rings is 1. The molecule has 1 saturated heterocycles. The molecular formula is C43H55ClF2N8O3. The number of carbonyl (C=O) groups is 2. The van der Waals surface area contributed by atoms with Crippen LogP contribution < -0.4 is 10.2 Å². The number of ether oxygens (including phenoxy) is 1. The number of rotatable bonds is 13. The van der Waals surface area contributed by atoms with Gasteiger partial charge in [0, 0.05) is 55.1 Å². The fraction of sp³-hybridized carbons (Fsp3) is 0.488. The van der Waals surface area contributed by atoms with Crippen LogP contribution in [-0.4, -0.2) is 81.5 Å². The first-order valence-corrected chi connectivity index (χ1v) is 20.2. The Morgan fingerprint density at radius 2 is 1.84 bits per heavy atom. The zero-order chi connectivity index (χ0) is 41.7. The molecule has 2 atom stereocenters. The predicted molar refractivity (Wildman–Crippen MR) is 222 cm³/mol. The second kappa shape index (κ2) is 18.1. The summed E-state index contributed by atoms with van der Waals surface area (Å²) in [5.74, 6) is -0.724. The predicted octanol–water partition coefficient (Wildman–Crippen LogP) is 9.62. The summed E-state index contributed by atoms with van der Waals surface area (Å²) in [7, 11) is 0. The van der Waals surface area contributed by atoms with Gasteiger partial charge in [-0.2, -0.15) is 0 Å². The largest absolute Gasteiger partial charge is 0.444 e. The van der Waals surface area contributed by atoms with Gasteiger partial charge in [0.05, 0.1) is 29.0 Å². The normalized spacial score (nSPS) is 18.5. The SMILES string of the molecule is CC.CCC(c1ccc(N2C[C@](C)(c3cccc(Cl)c3F)c3c2cnc(NC2CN(C(=O)C(=N)/C=C\C=N)C2)c3F)nc1)N(CCC1CCC1)C(=O)OC(C)(C)C. The number of pyridine rings is 2. The molecule has 2 amide bonds. The second-order valence-electron chi connectivity index (χ2n) is 15.8. The van der Waals surface area contributed by atoms with Crippen LogP contribution in [0.25, 0.3) is 0 Å². The van der Waals surface area contributed by atoms with Crippen LogP contribution >= 0.6 is 11.6 Å². The summed E-state index contributed by atoms with van der Waals surface area (Å²) in [5.41, 5.74) is -0.408. The van der Waals surface area contributed by atoms with Crippen molar-refractivity contribution in [2.24, 2.45) is 5.92 Å². The van der Waals surface area contributed by atoms with Crippen molar-refractivity contribution in [3.8, 4) is 0 Å². The number of halogens is 3. The quantitative estimate of drug-likeness (QED) is 0.146. The first kappa shape index (κ1) is 43.2. The summed E-state index contributed by atoms with van der Waals surface area (Å²) in [6.07, 6.45) is 11.6. The maximum absolute atomic E-state index is 16.9. The van der Waals surface area contributed by atoms with Crippen molar-refractivity contribution in [2.45, 2.75) is 104 Å². The van der Waals surface area contributed by atoms with Crippen molar-refractivity contribution < 1.29 is 23.1 Å². The second-order valence-corrected chi connectivity index (χ2v) is 16.2. The lowest BCUT2D eigenvalue weighted by Crippen LogP contribution is -2.58. The average molecular weight is 805 g/mol. The molecule has 6 rings (SSSR count). The lowest BCUT2D eigenvalue weighted by atomic mass is 9.77. The van der Waals surface area contributed by atoms with Crippen LogP contribution in [0.5, 0.6) is 0 Å². The molecule has 1 unspecified atom stereocenters. The summed E-state index contributed by atoms with van der Waals surface area (Å²) in [6.45, 7) is 14.5. The van der Waals surface area contributed by atoms with Gasteiger partial charge in [-0.25, -0.2) is 23.5 Å². The minimum Gasteiger partial charge on any atom is -0.444 e. The Morgan fingerprint density at radius 3 is 2.44 bits per heavy atom. The van der Waals surface area contributed by atoms with E-state index < -0.39 is 28.6 Å². The Balaban J connectivity index is 0.00000305. The van der Waals surface area contributed by atoms with Crippen LogP contribution in [0.15, 0.2) is 54.9 Å². The van der Waals surface area contributed by atoms with Gasteiger partial charge in [0.15, 0.2) is 11.6 Å². The molecule has 2 aliphatic heterocycles. The smallest absolute Gasteiger partial charge is 0.410 e. The minimum atomic E-state index is -1.22. The zero-order valence-electron chi connectivity index (χ0n) is 34.0. The van der Waals surface area contributed by atoms with Crippen LogP contribution in [0.3, 0.4) is 0 Å². The molecule has 11 nitrogen and oxygen atoms in total. The number of carbonyl (C=O) groups excluding carboxylic acids is 2. The molecule has 3 aromatic rings. The topological polar surface area (TPSA) is 139 Å². The van der Waals surface area contributed by atoms with Gasteiger partial charge in [0.25, 0.3) is 5.91 Å². The van der Waals surface area contributed by atoms with E-state index in [9.17, 15) is 9.59 Å². The number of nitrogens with one attached hydrogen (secondary N) is 3. The molecule has 1 saturated carbocycles. The molecule has 306 valence electrons. The van der Waals surface area contributed by atoms with Crippen molar-refractivity contribution in [1.82, 2.24) is 19.8 Å². The maximum Gasteiger partial charge on any atom is 0.410 e. The summed E-state index contributed by atoms with van der Waals surface area (Å²) < 4.78 is 38.5. The molecule has 2 aromatic heterocycles. The monoisotopic (exact) mass is 804 g/mol. The Hall–Kier alpha value is -4.91.